The van der Waals surface area contributed by atoms with Gasteiger partial charge in [-0.1, -0.05) is 25.6 Å². The van der Waals surface area contributed by atoms with Crippen molar-refractivity contribution in [1.29, 1.82) is 0 Å². The Kier molecular flexibility index (Phi) is 8.86. The molecule has 3 rings (SSSR count). The summed E-state index contributed by atoms with van der Waals surface area (Å²) >= 11 is 3.93. The number of methoxy groups -OCH3 is 2. The van der Waals surface area contributed by atoms with Crippen LogP contribution >= 0.6 is 34.4 Å². The first-order chi connectivity index (χ1) is 16.3. The highest BCUT2D eigenvalue weighted by Crippen LogP contribution is 2.34. The second-order valence-electron chi connectivity index (χ2n) is 7.19. The number of amides is 1. The summed E-state index contributed by atoms with van der Waals surface area (Å²) in [4.78, 5) is 38.6. The second kappa shape index (κ2) is 11.6. The molecule has 1 N–H and O–H groups in total. The third-order valence-corrected chi connectivity index (χ3v) is 8.15. The highest BCUT2D eigenvalue weighted by atomic mass is 32.2. The maximum atomic E-state index is 12.7. The van der Waals surface area contributed by atoms with Crippen LogP contribution in [-0.4, -0.2) is 52.6 Å². The monoisotopic (exact) mass is 522 g/mol. The van der Waals surface area contributed by atoms with Crippen LogP contribution in [-0.2, 0) is 27.2 Å². The topological polar surface area (TPSA) is 112 Å². The summed E-state index contributed by atoms with van der Waals surface area (Å²) in [6, 6.07) is 2.12. The van der Waals surface area contributed by atoms with Crippen LogP contribution in [0.15, 0.2) is 16.6 Å². The molecule has 9 nitrogen and oxygen atoms in total. The average molecular weight is 523 g/mol. The summed E-state index contributed by atoms with van der Waals surface area (Å²) < 4.78 is 11.6. The Morgan fingerprint density at radius 2 is 1.88 bits per heavy atom. The summed E-state index contributed by atoms with van der Waals surface area (Å²) in [6.07, 6.45) is 1.85. The fourth-order valence-corrected chi connectivity index (χ4v) is 5.95. The van der Waals surface area contributed by atoms with Crippen molar-refractivity contribution in [2.75, 3.05) is 25.3 Å². The number of carbonyl (C=O) groups is 3. The number of aryl methyl sites for hydroxylation is 1. The molecule has 0 aliphatic rings. The maximum absolute atomic E-state index is 12.7. The molecule has 0 atom stereocenters. The largest absolute Gasteiger partial charge is 0.465 e. The fourth-order valence-electron chi connectivity index (χ4n) is 3.25. The smallest absolute Gasteiger partial charge is 0.348 e. The number of thioether (sulfide) groups is 1. The first kappa shape index (κ1) is 25.9. The Bertz CT molecular complexity index is 1200. The Morgan fingerprint density at radius 3 is 2.50 bits per heavy atom. The molecule has 0 aromatic carbocycles. The Hall–Kier alpha value is -2.70. The third kappa shape index (κ3) is 5.50. The number of rotatable bonds is 10. The number of ether oxygens (including phenoxy) is 2. The SMILES string of the molecule is CCCn1c(SCC(=O)Nc2sc(C(=O)OC)c(C)c2C(=O)OC)nnc1-c1csc(CC)c1. The molecule has 0 saturated carbocycles. The van der Waals surface area contributed by atoms with Crippen LogP contribution < -0.4 is 5.32 Å². The Morgan fingerprint density at radius 1 is 1.15 bits per heavy atom. The van der Waals surface area contributed by atoms with Crippen molar-refractivity contribution < 1.29 is 23.9 Å². The van der Waals surface area contributed by atoms with Crippen molar-refractivity contribution in [1.82, 2.24) is 14.8 Å². The predicted molar refractivity (Wildman–Crippen MR) is 134 cm³/mol. The predicted octanol–water partition coefficient (Wildman–Crippen LogP) is 4.65. The molecule has 0 radical (unpaired) electrons. The van der Waals surface area contributed by atoms with Gasteiger partial charge in [-0.15, -0.1) is 32.9 Å². The summed E-state index contributed by atoms with van der Waals surface area (Å²) in [5.41, 5.74) is 1.57. The summed E-state index contributed by atoms with van der Waals surface area (Å²) in [7, 11) is 2.50. The minimum absolute atomic E-state index is 0.0524. The van der Waals surface area contributed by atoms with Crippen LogP contribution in [0.5, 0.6) is 0 Å². The fraction of sp³-hybridized carbons (Fsp3) is 0.409. The van der Waals surface area contributed by atoms with Gasteiger partial charge in [0, 0.05) is 22.4 Å². The van der Waals surface area contributed by atoms with Gasteiger partial charge in [-0.05, 0) is 31.4 Å². The minimum atomic E-state index is -0.638. The van der Waals surface area contributed by atoms with Crippen molar-refractivity contribution in [2.45, 2.75) is 45.3 Å². The van der Waals surface area contributed by atoms with Gasteiger partial charge in [-0.3, -0.25) is 4.79 Å². The molecule has 0 unspecified atom stereocenters. The number of nitrogens with one attached hydrogen (secondary N) is 1. The second-order valence-corrected chi connectivity index (χ2v) is 10.2. The molecule has 0 aliphatic heterocycles. The average Bonchev–Trinajstić information content (AvgIpc) is 3.54. The van der Waals surface area contributed by atoms with Gasteiger partial charge in [-0.2, -0.15) is 0 Å². The lowest BCUT2D eigenvalue weighted by atomic mass is 10.1. The molecule has 0 spiro atoms. The number of nitrogens with zero attached hydrogens (tertiary/aromatic N) is 3. The number of aromatic nitrogens is 3. The van der Waals surface area contributed by atoms with Crippen LogP contribution in [0.1, 0.15) is 50.7 Å². The van der Waals surface area contributed by atoms with E-state index in [2.05, 4.69) is 40.8 Å². The van der Waals surface area contributed by atoms with Gasteiger partial charge in [-0.25, -0.2) is 9.59 Å². The molecule has 3 aromatic heterocycles. The van der Waals surface area contributed by atoms with E-state index in [1.807, 2.05) is 4.57 Å². The number of anilines is 1. The van der Waals surface area contributed by atoms with Crippen molar-refractivity contribution in [2.24, 2.45) is 0 Å². The molecule has 12 heteroatoms. The van der Waals surface area contributed by atoms with E-state index in [1.54, 1.807) is 18.3 Å². The standard InChI is InChI=1S/C22H26N4O5S3/c1-6-8-26-18(13-9-14(7-2)32-10-13)24-25-22(26)33-11-15(27)23-19-16(20(28)30-4)12(3)17(34-19)21(29)31-5/h9-10H,6-8,11H2,1-5H3,(H,23,27). The van der Waals surface area contributed by atoms with Crippen molar-refractivity contribution in [3.05, 3.63) is 32.3 Å². The van der Waals surface area contributed by atoms with E-state index in [-0.39, 0.29) is 27.1 Å². The number of carbonyl (C=O) groups excluding carboxylic acids is 3. The lowest BCUT2D eigenvalue weighted by Gasteiger charge is -2.08. The zero-order chi connectivity index (χ0) is 24.8. The quantitative estimate of drug-likeness (QED) is 0.302. The lowest BCUT2D eigenvalue weighted by molar-refractivity contribution is -0.113. The maximum Gasteiger partial charge on any atom is 0.348 e. The molecule has 1 amide bonds. The summed E-state index contributed by atoms with van der Waals surface area (Å²) in [5.74, 6) is -0.727. The zero-order valence-corrected chi connectivity index (χ0v) is 22.0. The van der Waals surface area contributed by atoms with E-state index in [4.69, 9.17) is 9.47 Å². The van der Waals surface area contributed by atoms with Gasteiger partial charge in [0.2, 0.25) is 5.91 Å². The van der Waals surface area contributed by atoms with E-state index in [0.29, 0.717) is 10.7 Å². The molecule has 0 bridgehead atoms. The third-order valence-electron chi connectivity index (χ3n) is 4.92. The Labute approximate surface area is 209 Å². The van der Waals surface area contributed by atoms with E-state index < -0.39 is 11.9 Å². The van der Waals surface area contributed by atoms with E-state index in [9.17, 15) is 14.4 Å². The lowest BCUT2D eigenvalue weighted by Crippen LogP contribution is -2.16. The zero-order valence-electron chi connectivity index (χ0n) is 19.6. The molecular weight excluding hydrogens is 496 g/mol. The molecule has 182 valence electrons. The van der Waals surface area contributed by atoms with E-state index >= 15 is 0 Å². The normalized spacial score (nSPS) is 10.9. The van der Waals surface area contributed by atoms with Gasteiger partial charge >= 0.3 is 11.9 Å². The van der Waals surface area contributed by atoms with E-state index in [0.717, 1.165) is 42.1 Å². The molecule has 0 saturated heterocycles. The van der Waals surface area contributed by atoms with Gasteiger partial charge < -0.3 is 19.4 Å². The van der Waals surface area contributed by atoms with Gasteiger partial charge in [0.25, 0.3) is 0 Å². The number of hydrogen-bond donors (Lipinski definition) is 1. The van der Waals surface area contributed by atoms with Crippen molar-refractivity contribution in [3.8, 4) is 11.4 Å². The highest BCUT2D eigenvalue weighted by Gasteiger charge is 2.27. The van der Waals surface area contributed by atoms with Crippen LogP contribution in [0.4, 0.5) is 5.00 Å². The Balaban J connectivity index is 1.78. The van der Waals surface area contributed by atoms with Crippen LogP contribution in [0.25, 0.3) is 11.4 Å². The number of esters is 2. The van der Waals surface area contributed by atoms with Crippen LogP contribution in [0, 0.1) is 6.92 Å². The van der Waals surface area contributed by atoms with Gasteiger partial charge in [0.1, 0.15) is 9.88 Å². The molecular formula is C22H26N4O5S3. The number of hydrogen-bond acceptors (Lipinski definition) is 10. The molecule has 34 heavy (non-hydrogen) atoms. The van der Waals surface area contributed by atoms with Crippen LogP contribution in [0.2, 0.25) is 0 Å². The molecule has 0 fully saturated rings. The minimum Gasteiger partial charge on any atom is -0.465 e. The van der Waals surface area contributed by atoms with Crippen molar-refractivity contribution >= 4 is 57.3 Å². The van der Waals surface area contributed by atoms with Crippen LogP contribution in [0.3, 0.4) is 0 Å². The molecule has 3 heterocycles. The summed E-state index contributed by atoms with van der Waals surface area (Å²) in [6.45, 7) is 6.52. The first-order valence-corrected chi connectivity index (χ1v) is 13.3. The van der Waals surface area contributed by atoms with Gasteiger partial charge in [0.05, 0.1) is 25.5 Å². The van der Waals surface area contributed by atoms with Crippen molar-refractivity contribution in [3.63, 3.8) is 0 Å². The molecule has 3 aromatic rings. The summed E-state index contributed by atoms with van der Waals surface area (Å²) in [5, 5.41) is 14.4. The highest BCUT2D eigenvalue weighted by molar-refractivity contribution is 7.99. The number of thiophene rings is 2. The molecule has 0 aliphatic carbocycles. The van der Waals surface area contributed by atoms with E-state index in [1.165, 1.54) is 30.9 Å². The van der Waals surface area contributed by atoms with Gasteiger partial charge in [0.15, 0.2) is 11.0 Å². The first-order valence-electron chi connectivity index (χ1n) is 10.6.